The molecule has 1 aromatic heterocycles. The Morgan fingerprint density at radius 1 is 1.19 bits per heavy atom. The third kappa shape index (κ3) is 7.95. The maximum absolute atomic E-state index is 14.4. The Bertz CT molecular complexity index is 1210. The van der Waals surface area contributed by atoms with Gasteiger partial charge in [-0.2, -0.15) is 0 Å². The average molecular weight is 510 g/mol. The van der Waals surface area contributed by atoms with Crippen LogP contribution in [-0.2, 0) is 9.53 Å². The predicted octanol–water partition coefficient (Wildman–Crippen LogP) is 4.15. The Morgan fingerprint density at radius 2 is 1.89 bits per heavy atom. The first kappa shape index (κ1) is 28.0. The topological polar surface area (TPSA) is 95.9 Å². The number of aromatic nitrogens is 1. The van der Waals surface area contributed by atoms with Crippen LogP contribution in [0.3, 0.4) is 0 Å². The molecule has 8 nitrogen and oxygen atoms in total. The molecule has 0 saturated carbocycles. The van der Waals surface area contributed by atoms with Crippen molar-refractivity contribution in [3.8, 4) is 0 Å². The molecule has 0 atom stereocenters. The van der Waals surface area contributed by atoms with E-state index in [4.69, 9.17) is 4.74 Å². The van der Waals surface area contributed by atoms with Gasteiger partial charge in [0, 0.05) is 54.8 Å². The van der Waals surface area contributed by atoms with Gasteiger partial charge in [-0.3, -0.25) is 19.6 Å². The lowest BCUT2D eigenvalue weighted by atomic mass is 9.97. The van der Waals surface area contributed by atoms with Crippen LogP contribution in [0, 0.1) is 18.2 Å². The molecule has 9 heteroatoms. The molecule has 37 heavy (non-hydrogen) atoms. The summed E-state index contributed by atoms with van der Waals surface area (Å²) < 4.78 is 19.7. The SMILES string of the molecule is C/N=C(\C=C(/C)C(=O)NCC(C)(C)C)c1cc(NC(=O)c2cc(F)cc(N3CCOCC3)c2)cnc1C. The van der Waals surface area contributed by atoms with Crippen molar-refractivity contribution in [3.63, 3.8) is 0 Å². The molecule has 0 bridgehead atoms. The molecule has 1 aliphatic heterocycles. The maximum atomic E-state index is 14.4. The number of carbonyl (C=O) groups is 2. The van der Waals surface area contributed by atoms with E-state index in [1.165, 1.54) is 12.1 Å². The molecule has 2 aromatic rings. The van der Waals surface area contributed by atoms with Crippen molar-refractivity contribution in [1.82, 2.24) is 10.3 Å². The predicted molar refractivity (Wildman–Crippen MR) is 145 cm³/mol. The van der Waals surface area contributed by atoms with Crippen molar-refractivity contribution in [1.29, 1.82) is 0 Å². The Morgan fingerprint density at radius 3 is 2.54 bits per heavy atom. The van der Waals surface area contributed by atoms with E-state index in [-0.39, 0.29) is 16.9 Å². The van der Waals surface area contributed by atoms with Gasteiger partial charge in [-0.05, 0) is 49.6 Å². The number of anilines is 2. The first-order valence-corrected chi connectivity index (χ1v) is 12.3. The number of aryl methyl sites for hydroxylation is 1. The number of amides is 2. The van der Waals surface area contributed by atoms with Crippen LogP contribution >= 0.6 is 0 Å². The van der Waals surface area contributed by atoms with E-state index < -0.39 is 11.7 Å². The number of hydrogen-bond donors (Lipinski definition) is 2. The number of nitrogens with one attached hydrogen (secondary N) is 2. The van der Waals surface area contributed by atoms with E-state index in [0.29, 0.717) is 66.8 Å². The molecular weight excluding hydrogens is 473 g/mol. The van der Waals surface area contributed by atoms with Gasteiger partial charge in [0.2, 0.25) is 5.91 Å². The van der Waals surface area contributed by atoms with Crippen LogP contribution in [0.4, 0.5) is 15.8 Å². The number of rotatable bonds is 7. The lowest BCUT2D eigenvalue weighted by Crippen LogP contribution is -2.36. The largest absolute Gasteiger partial charge is 0.378 e. The molecule has 1 saturated heterocycles. The second kappa shape index (κ2) is 12.1. The molecule has 0 unspecified atom stereocenters. The van der Waals surface area contributed by atoms with Gasteiger partial charge in [0.1, 0.15) is 5.82 Å². The van der Waals surface area contributed by atoms with Crippen molar-refractivity contribution in [3.05, 3.63) is 64.7 Å². The number of morpholine rings is 1. The summed E-state index contributed by atoms with van der Waals surface area (Å²) in [6, 6.07) is 6.06. The van der Waals surface area contributed by atoms with E-state index >= 15 is 0 Å². The number of nitrogens with zero attached hydrogens (tertiary/aromatic N) is 3. The third-order valence-corrected chi connectivity index (χ3v) is 5.87. The van der Waals surface area contributed by atoms with E-state index in [1.54, 1.807) is 38.4 Å². The number of aliphatic imine (C=N–C) groups is 1. The van der Waals surface area contributed by atoms with E-state index in [2.05, 4.69) is 20.6 Å². The summed E-state index contributed by atoms with van der Waals surface area (Å²) in [6.07, 6.45) is 3.24. The summed E-state index contributed by atoms with van der Waals surface area (Å²) in [6.45, 7) is 12.6. The third-order valence-electron chi connectivity index (χ3n) is 5.87. The quantitative estimate of drug-likeness (QED) is 0.432. The Kier molecular flexibility index (Phi) is 9.15. The summed E-state index contributed by atoms with van der Waals surface area (Å²) in [4.78, 5) is 36.3. The smallest absolute Gasteiger partial charge is 0.255 e. The van der Waals surface area contributed by atoms with Gasteiger partial charge in [0.25, 0.3) is 5.91 Å². The second-order valence-electron chi connectivity index (χ2n) is 10.3. The molecule has 1 aromatic carbocycles. The van der Waals surface area contributed by atoms with Crippen molar-refractivity contribution >= 4 is 28.9 Å². The normalized spacial score (nSPS) is 14.9. The number of allylic oxidation sites excluding steroid dienone is 1. The van der Waals surface area contributed by atoms with Crippen LogP contribution in [-0.4, -0.2) is 62.4 Å². The highest BCUT2D eigenvalue weighted by Crippen LogP contribution is 2.22. The monoisotopic (exact) mass is 509 g/mol. The fourth-order valence-corrected chi connectivity index (χ4v) is 3.79. The van der Waals surface area contributed by atoms with Gasteiger partial charge in [-0.1, -0.05) is 20.8 Å². The van der Waals surface area contributed by atoms with Crippen LogP contribution in [0.1, 0.15) is 49.3 Å². The van der Waals surface area contributed by atoms with Crippen molar-refractivity contribution < 1.29 is 18.7 Å². The zero-order chi connectivity index (χ0) is 27.2. The first-order valence-electron chi connectivity index (χ1n) is 12.3. The highest BCUT2D eigenvalue weighted by atomic mass is 19.1. The van der Waals surface area contributed by atoms with E-state index in [0.717, 1.165) is 0 Å². The molecule has 1 fully saturated rings. The van der Waals surface area contributed by atoms with Gasteiger partial charge in [-0.25, -0.2) is 4.39 Å². The minimum Gasteiger partial charge on any atom is -0.378 e. The van der Waals surface area contributed by atoms with Gasteiger partial charge in [0.05, 0.1) is 30.8 Å². The maximum Gasteiger partial charge on any atom is 0.255 e. The van der Waals surface area contributed by atoms with Crippen LogP contribution in [0.15, 0.2) is 47.1 Å². The fraction of sp³-hybridized carbons (Fsp3) is 0.429. The van der Waals surface area contributed by atoms with Crippen molar-refractivity contribution in [2.75, 3.05) is 50.1 Å². The highest BCUT2D eigenvalue weighted by Gasteiger charge is 2.17. The molecule has 0 aliphatic carbocycles. The minimum absolute atomic E-state index is 0.0325. The summed E-state index contributed by atoms with van der Waals surface area (Å²) in [5.74, 6) is -1.11. The van der Waals surface area contributed by atoms with Crippen molar-refractivity contribution in [2.45, 2.75) is 34.6 Å². The van der Waals surface area contributed by atoms with Crippen LogP contribution in [0.5, 0.6) is 0 Å². The second-order valence-corrected chi connectivity index (χ2v) is 10.3. The Balaban J connectivity index is 1.79. The van der Waals surface area contributed by atoms with Crippen LogP contribution in [0.25, 0.3) is 0 Å². The molecule has 0 radical (unpaired) electrons. The molecule has 3 rings (SSSR count). The van der Waals surface area contributed by atoms with Crippen LogP contribution < -0.4 is 15.5 Å². The number of carbonyl (C=O) groups excluding carboxylic acids is 2. The molecule has 2 amide bonds. The highest BCUT2D eigenvalue weighted by molar-refractivity contribution is 6.14. The van der Waals surface area contributed by atoms with Gasteiger partial charge >= 0.3 is 0 Å². The summed E-state index contributed by atoms with van der Waals surface area (Å²) in [5.41, 5.74) is 3.69. The van der Waals surface area contributed by atoms with Gasteiger partial charge in [0.15, 0.2) is 0 Å². The lowest BCUT2D eigenvalue weighted by Gasteiger charge is -2.29. The zero-order valence-electron chi connectivity index (χ0n) is 22.4. The molecule has 2 heterocycles. The van der Waals surface area contributed by atoms with Gasteiger partial charge < -0.3 is 20.3 Å². The number of benzene rings is 1. The van der Waals surface area contributed by atoms with E-state index in [1.807, 2.05) is 32.6 Å². The number of hydrogen-bond acceptors (Lipinski definition) is 6. The zero-order valence-corrected chi connectivity index (χ0v) is 22.4. The molecule has 0 spiro atoms. The summed E-state index contributed by atoms with van der Waals surface area (Å²) in [5, 5.41) is 5.74. The summed E-state index contributed by atoms with van der Waals surface area (Å²) >= 11 is 0. The Hall–Kier alpha value is -3.59. The lowest BCUT2D eigenvalue weighted by molar-refractivity contribution is -0.117. The average Bonchev–Trinajstić information content (AvgIpc) is 2.86. The summed E-state index contributed by atoms with van der Waals surface area (Å²) in [7, 11) is 1.64. The fourth-order valence-electron chi connectivity index (χ4n) is 3.79. The first-order chi connectivity index (χ1) is 17.5. The number of pyridine rings is 1. The standard InChI is InChI=1S/C28H36FN5O3/c1-18(26(35)32-17-28(3,4)5)11-25(30-6)24-15-22(16-31-19(24)2)33-27(36)20-12-21(29)14-23(13-20)34-7-9-37-10-8-34/h11-16H,7-10,17H2,1-6H3,(H,32,35)(H,33,36)/b18-11+,30-25+. The van der Waals surface area contributed by atoms with Crippen LogP contribution in [0.2, 0.25) is 0 Å². The molecule has 198 valence electrons. The van der Waals surface area contributed by atoms with E-state index in [9.17, 15) is 14.0 Å². The molecule has 1 aliphatic rings. The van der Waals surface area contributed by atoms with Crippen molar-refractivity contribution in [2.24, 2.45) is 10.4 Å². The Labute approximate surface area is 218 Å². The van der Waals surface area contributed by atoms with Gasteiger partial charge in [-0.15, -0.1) is 0 Å². The molecule has 2 N–H and O–H groups in total. The number of ether oxygens (including phenoxy) is 1. The minimum atomic E-state index is -0.484. The molecular formula is C28H36FN5O3. The number of halogens is 1.